The summed E-state index contributed by atoms with van der Waals surface area (Å²) in [5.41, 5.74) is 4.27. The first-order valence-corrected chi connectivity index (χ1v) is 7.12. The van der Waals surface area contributed by atoms with Gasteiger partial charge in [-0.3, -0.25) is 0 Å². The Balaban J connectivity index is 2.26. The molecule has 0 aliphatic rings. The van der Waals surface area contributed by atoms with Gasteiger partial charge in [0.25, 0.3) is 0 Å². The second-order valence-corrected chi connectivity index (χ2v) is 6.54. The van der Waals surface area contributed by atoms with Crippen LogP contribution in [0.1, 0.15) is 28.5 Å². The van der Waals surface area contributed by atoms with Crippen LogP contribution in [0, 0.1) is 6.92 Å². The van der Waals surface area contributed by atoms with E-state index < -0.39 is 0 Å². The maximum Gasteiger partial charge on any atom is 0.0701 e. The lowest BCUT2D eigenvalue weighted by molar-refractivity contribution is 1.10. The minimum atomic E-state index is 1.05. The normalized spacial score (nSPS) is 10.7. The largest absolute Gasteiger partial charge is 0.133 e. The first kappa shape index (κ1) is 11.9. The highest BCUT2D eigenvalue weighted by Gasteiger charge is 2.03. The second-order valence-electron chi connectivity index (χ2n) is 4.00. The van der Waals surface area contributed by atoms with Gasteiger partial charge < -0.3 is 0 Å². The van der Waals surface area contributed by atoms with Gasteiger partial charge in [0.15, 0.2) is 0 Å². The van der Waals surface area contributed by atoms with E-state index in [4.69, 9.17) is 0 Å². The summed E-state index contributed by atoms with van der Waals surface area (Å²) in [5.74, 6) is 0. The Morgan fingerprint density at radius 3 is 2.62 bits per heavy atom. The molecule has 0 radical (unpaired) electrons. The number of thiophene rings is 1. The molecule has 0 saturated carbocycles. The molecule has 1 aromatic carbocycles. The molecule has 0 spiro atoms. The van der Waals surface area contributed by atoms with Gasteiger partial charge in [0.05, 0.1) is 3.79 Å². The fourth-order valence-corrected chi connectivity index (χ4v) is 3.28. The smallest absolute Gasteiger partial charge is 0.0701 e. The predicted molar refractivity (Wildman–Crippen MR) is 75.4 cm³/mol. The van der Waals surface area contributed by atoms with E-state index in [0.29, 0.717) is 0 Å². The van der Waals surface area contributed by atoms with Crippen molar-refractivity contribution in [2.75, 3.05) is 0 Å². The average Bonchev–Trinajstić information content (AvgIpc) is 2.67. The van der Waals surface area contributed by atoms with Crippen LogP contribution >= 0.6 is 27.3 Å². The SMILES string of the molecule is CCc1ccc(C)c(Cc2ccc(Br)s2)c1. The van der Waals surface area contributed by atoms with Crippen molar-refractivity contribution in [1.82, 2.24) is 0 Å². The van der Waals surface area contributed by atoms with Gasteiger partial charge >= 0.3 is 0 Å². The van der Waals surface area contributed by atoms with Crippen LogP contribution in [0.25, 0.3) is 0 Å². The third kappa shape index (κ3) is 2.74. The Kier molecular flexibility index (Phi) is 3.82. The van der Waals surface area contributed by atoms with Crippen molar-refractivity contribution in [1.29, 1.82) is 0 Å². The van der Waals surface area contributed by atoms with E-state index in [-0.39, 0.29) is 0 Å². The molecule has 84 valence electrons. The Labute approximate surface area is 109 Å². The van der Waals surface area contributed by atoms with Gasteiger partial charge in [-0.25, -0.2) is 0 Å². The number of aryl methyl sites for hydroxylation is 2. The summed E-state index contributed by atoms with van der Waals surface area (Å²) < 4.78 is 1.21. The third-order valence-electron chi connectivity index (χ3n) is 2.82. The lowest BCUT2D eigenvalue weighted by atomic mass is 10.0. The van der Waals surface area contributed by atoms with Crippen LogP contribution in [0.5, 0.6) is 0 Å². The van der Waals surface area contributed by atoms with E-state index >= 15 is 0 Å². The molecular formula is C14H15BrS. The van der Waals surface area contributed by atoms with Crippen LogP contribution in [-0.4, -0.2) is 0 Å². The van der Waals surface area contributed by atoms with E-state index in [9.17, 15) is 0 Å². The van der Waals surface area contributed by atoms with Gasteiger partial charge in [0.1, 0.15) is 0 Å². The van der Waals surface area contributed by atoms with Gasteiger partial charge in [0, 0.05) is 11.3 Å². The van der Waals surface area contributed by atoms with E-state index in [0.717, 1.165) is 12.8 Å². The minimum absolute atomic E-state index is 1.05. The molecule has 1 heterocycles. The molecular weight excluding hydrogens is 280 g/mol. The summed E-state index contributed by atoms with van der Waals surface area (Å²) in [6.07, 6.45) is 2.16. The number of hydrogen-bond acceptors (Lipinski definition) is 1. The highest BCUT2D eigenvalue weighted by Crippen LogP contribution is 2.25. The van der Waals surface area contributed by atoms with Gasteiger partial charge in [-0.1, -0.05) is 25.1 Å². The lowest BCUT2D eigenvalue weighted by Crippen LogP contribution is -1.92. The highest BCUT2D eigenvalue weighted by atomic mass is 79.9. The predicted octanol–water partition coefficient (Wildman–Crippen LogP) is 4.97. The summed E-state index contributed by atoms with van der Waals surface area (Å²) >= 11 is 5.33. The van der Waals surface area contributed by atoms with Crippen LogP contribution in [0.3, 0.4) is 0 Å². The Morgan fingerprint density at radius 2 is 2.00 bits per heavy atom. The van der Waals surface area contributed by atoms with Crippen LogP contribution in [-0.2, 0) is 12.8 Å². The summed E-state index contributed by atoms with van der Waals surface area (Å²) in [6.45, 7) is 4.40. The van der Waals surface area contributed by atoms with E-state index in [1.54, 1.807) is 0 Å². The zero-order chi connectivity index (χ0) is 11.5. The first-order valence-electron chi connectivity index (χ1n) is 5.51. The average molecular weight is 295 g/mol. The highest BCUT2D eigenvalue weighted by molar-refractivity contribution is 9.11. The van der Waals surface area contributed by atoms with Gasteiger partial charge in [-0.05, 0) is 58.1 Å². The minimum Gasteiger partial charge on any atom is -0.133 e. The van der Waals surface area contributed by atoms with Crippen molar-refractivity contribution in [2.24, 2.45) is 0 Å². The van der Waals surface area contributed by atoms with E-state index in [1.165, 1.54) is 25.4 Å². The maximum absolute atomic E-state index is 3.51. The molecule has 1 aromatic heterocycles. The summed E-state index contributed by atoms with van der Waals surface area (Å²) in [6, 6.07) is 11.1. The number of halogens is 1. The van der Waals surface area contributed by atoms with Crippen LogP contribution in [0.15, 0.2) is 34.1 Å². The van der Waals surface area contributed by atoms with E-state index in [2.05, 4.69) is 60.1 Å². The third-order valence-corrected chi connectivity index (χ3v) is 4.44. The number of rotatable bonds is 3. The topological polar surface area (TPSA) is 0 Å². The molecule has 16 heavy (non-hydrogen) atoms. The number of benzene rings is 1. The standard InChI is InChI=1S/C14H15BrS/c1-3-11-5-4-10(2)12(8-11)9-13-6-7-14(15)16-13/h4-8H,3,9H2,1-2H3. The van der Waals surface area contributed by atoms with Gasteiger partial charge in [-0.15, -0.1) is 11.3 Å². The van der Waals surface area contributed by atoms with Gasteiger partial charge in [-0.2, -0.15) is 0 Å². The molecule has 0 saturated heterocycles. The van der Waals surface area contributed by atoms with Crippen LogP contribution < -0.4 is 0 Å². The fraction of sp³-hybridized carbons (Fsp3) is 0.286. The van der Waals surface area contributed by atoms with Crippen LogP contribution in [0.2, 0.25) is 0 Å². The molecule has 2 aromatic rings. The molecule has 0 nitrogen and oxygen atoms in total. The second kappa shape index (κ2) is 5.15. The lowest BCUT2D eigenvalue weighted by Gasteiger charge is -2.06. The molecule has 0 aliphatic carbocycles. The molecule has 0 atom stereocenters. The van der Waals surface area contributed by atoms with Crippen molar-refractivity contribution < 1.29 is 0 Å². The molecule has 2 heteroatoms. The fourth-order valence-electron chi connectivity index (χ4n) is 1.77. The quantitative estimate of drug-likeness (QED) is 0.749. The molecule has 0 amide bonds. The Bertz CT molecular complexity index is 485. The monoisotopic (exact) mass is 294 g/mol. The molecule has 0 unspecified atom stereocenters. The molecule has 0 N–H and O–H groups in total. The van der Waals surface area contributed by atoms with Crippen molar-refractivity contribution in [3.8, 4) is 0 Å². The number of hydrogen-bond donors (Lipinski definition) is 0. The molecule has 0 fully saturated rings. The summed E-state index contributed by atoms with van der Waals surface area (Å²) in [4.78, 5) is 1.42. The van der Waals surface area contributed by atoms with Gasteiger partial charge in [0.2, 0.25) is 0 Å². The Morgan fingerprint density at radius 1 is 1.19 bits per heavy atom. The Hall–Kier alpha value is -0.600. The first-order chi connectivity index (χ1) is 7.69. The van der Waals surface area contributed by atoms with Crippen molar-refractivity contribution in [3.05, 3.63) is 55.7 Å². The van der Waals surface area contributed by atoms with Crippen molar-refractivity contribution >= 4 is 27.3 Å². The molecule has 0 aliphatic heterocycles. The summed E-state index contributed by atoms with van der Waals surface area (Å²) in [7, 11) is 0. The van der Waals surface area contributed by atoms with Crippen molar-refractivity contribution in [3.63, 3.8) is 0 Å². The molecule has 0 bridgehead atoms. The van der Waals surface area contributed by atoms with Crippen molar-refractivity contribution in [2.45, 2.75) is 26.7 Å². The summed E-state index contributed by atoms with van der Waals surface area (Å²) in [5, 5.41) is 0. The van der Waals surface area contributed by atoms with Crippen LogP contribution in [0.4, 0.5) is 0 Å². The van der Waals surface area contributed by atoms with E-state index in [1.807, 2.05) is 11.3 Å². The zero-order valence-corrected chi connectivity index (χ0v) is 12.0. The zero-order valence-electron chi connectivity index (χ0n) is 9.59. The maximum atomic E-state index is 3.51. The molecule has 2 rings (SSSR count).